The van der Waals surface area contributed by atoms with Crippen LogP contribution in [-0.4, -0.2) is 16.9 Å². The van der Waals surface area contributed by atoms with E-state index >= 15 is 0 Å². The van der Waals surface area contributed by atoms with Gasteiger partial charge in [-0.15, -0.1) is 22.7 Å². The molecule has 5 nitrogen and oxygen atoms in total. The Morgan fingerprint density at radius 1 is 1.48 bits per heavy atom. The van der Waals surface area contributed by atoms with E-state index in [1.807, 2.05) is 6.92 Å². The van der Waals surface area contributed by atoms with Gasteiger partial charge in [-0.2, -0.15) is 0 Å². The molecule has 0 aliphatic heterocycles. The first-order chi connectivity index (χ1) is 10.0. The number of rotatable bonds is 3. The Labute approximate surface area is 129 Å². The molecule has 0 saturated carbocycles. The number of carbonyl (C=O) groups excluding carboxylic acids is 2. The first-order valence-electron chi connectivity index (χ1n) is 6.60. The van der Waals surface area contributed by atoms with E-state index in [9.17, 15) is 9.59 Å². The number of amides is 1. The van der Waals surface area contributed by atoms with Crippen LogP contribution in [0, 0.1) is 6.92 Å². The van der Waals surface area contributed by atoms with Crippen molar-refractivity contribution in [1.82, 2.24) is 4.98 Å². The number of carbonyl (C=O) groups is 2. The summed E-state index contributed by atoms with van der Waals surface area (Å²) in [4.78, 5) is 29.2. The molecule has 0 bridgehead atoms. The van der Waals surface area contributed by atoms with E-state index in [2.05, 4.69) is 4.98 Å². The summed E-state index contributed by atoms with van der Waals surface area (Å²) >= 11 is 2.76. The van der Waals surface area contributed by atoms with Gasteiger partial charge < -0.3 is 10.5 Å². The van der Waals surface area contributed by atoms with Crippen LogP contribution in [0.4, 0.5) is 0 Å². The van der Waals surface area contributed by atoms with Crippen LogP contribution in [0.2, 0.25) is 0 Å². The molecule has 1 aliphatic rings. The number of primary amides is 1. The highest BCUT2D eigenvalue weighted by molar-refractivity contribution is 7.12. The number of aryl methyl sites for hydroxylation is 2. The fourth-order valence-corrected chi connectivity index (χ4v) is 4.19. The topological polar surface area (TPSA) is 82.3 Å². The number of nitrogens with zero attached hydrogens (tertiary/aromatic N) is 1. The minimum absolute atomic E-state index is 0.230. The van der Waals surface area contributed by atoms with Crippen molar-refractivity contribution in [2.24, 2.45) is 5.73 Å². The van der Waals surface area contributed by atoms with E-state index in [1.165, 1.54) is 17.4 Å². The normalized spacial score (nSPS) is 17.3. The maximum absolute atomic E-state index is 12.2. The zero-order valence-electron chi connectivity index (χ0n) is 11.4. The van der Waals surface area contributed by atoms with Crippen LogP contribution in [0.1, 0.15) is 54.6 Å². The van der Waals surface area contributed by atoms with Crippen LogP contribution in [0.5, 0.6) is 0 Å². The highest BCUT2D eigenvalue weighted by atomic mass is 32.1. The largest absolute Gasteiger partial charge is 0.452 e. The van der Waals surface area contributed by atoms with E-state index in [0.29, 0.717) is 10.4 Å². The number of ether oxygens (including phenoxy) is 1. The summed E-state index contributed by atoms with van der Waals surface area (Å²) in [6.45, 7) is 1.96. The van der Waals surface area contributed by atoms with Crippen molar-refractivity contribution in [2.45, 2.75) is 32.3 Å². The Balaban J connectivity index is 1.77. The van der Waals surface area contributed by atoms with Gasteiger partial charge in [0, 0.05) is 5.38 Å². The molecule has 21 heavy (non-hydrogen) atoms. The van der Waals surface area contributed by atoms with Gasteiger partial charge in [-0.25, -0.2) is 9.78 Å². The zero-order chi connectivity index (χ0) is 15.0. The zero-order valence-corrected chi connectivity index (χ0v) is 13.1. The van der Waals surface area contributed by atoms with Crippen molar-refractivity contribution in [3.63, 3.8) is 0 Å². The van der Waals surface area contributed by atoms with E-state index in [4.69, 9.17) is 10.5 Å². The fraction of sp³-hybridized carbons (Fsp3) is 0.357. The molecular formula is C14H14N2O3S2. The van der Waals surface area contributed by atoms with Crippen LogP contribution in [0.25, 0.3) is 0 Å². The molecule has 2 heterocycles. The summed E-state index contributed by atoms with van der Waals surface area (Å²) in [6, 6.07) is 1.48. The van der Waals surface area contributed by atoms with Crippen molar-refractivity contribution < 1.29 is 14.3 Å². The minimum Gasteiger partial charge on any atom is -0.452 e. The Bertz CT molecular complexity index is 705. The van der Waals surface area contributed by atoms with E-state index in [0.717, 1.165) is 34.8 Å². The molecule has 0 spiro atoms. The molecule has 3 rings (SSSR count). The third kappa shape index (κ3) is 2.84. The second-order valence-corrected chi connectivity index (χ2v) is 7.04. The van der Waals surface area contributed by atoms with Gasteiger partial charge >= 0.3 is 5.97 Å². The number of hydrogen-bond donors (Lipinski definition) is 1. The monoisotopic (exact) mass is 322 g/mol. The maximum atomic E-state index is 12.2. The van der Waals surface area contributed by atoms with Gasteiger partial charge in [-0.1, -0.05) is 0 Å². The number of nitrogens with two attached hydrogens (primary N) is 1. The number of hydrogen-bond acceptors (Lipinski definition) is 6. The first kappa shape index (κ1) is 14.2. The summed E-state index contributed by atoms with van der Waals surface area (Å²) in [7, 11) is 0. The molecule has 2 aromatic heterocycles. The Morgan fingerprint density at radius 2 is 2.29 bits per heavy atom. The minimum atomic E-state index is -0.539. The third-order valence-electron chi connectivity index (χ3n) is 3.34. The van der Waals surface area contributed by atoms with Crippen molar-refractivity contribution in [1.29, 1.82) is 0 Å². The highest BCUT2D eigenvalue weighted by Crippen LogP contribution is 2.37. The SMILES string of the molecule is Cc1nc2c(s1)[C@H](OC(=O)c1cc(C(N)=O)cs1)CCC2. The second kappa shape index (κ2) is 5.57. The molecule has 2 aromatic rings. The molecule has 110 valence electrons. The van der Waals surface area contributed by atoms with E-state index in [1.54, 1.807) is 16.7 Å². The highest BCUT2D eigenvalue weighted by Gasteiger charge is 2.28. The Kier molecular flexibility index (Phi) is 3.77. The lowest BCUT2D eigenvalue weighted by Gasteiger charge is -2.21. The predicted octanol–water partition coefficient (Wildman–Crippen LogP) is 2.85. The number of esters is 1. The van der Waals surface area contributed by atoms with Crippen molar-refractivity contribution in [3.8, 4) is 0 Å². The molecule has 0 saturated heterocycles. The number of fused-ring (bicyclic) bond motifs is 1. The van der Waals surface area contributed by atoms with Gasteiger partial charge in [0.25, 0.3) is 0 Å². The molecule has 0 radical (unpaired) electrons. The summed E-state index contributed by atoms with van der Waals surface area (Å²) in [6.07, 6.45) is 2.49. The van der Waals surface area contributed by atoms with E-state index in [-0.39, 0.29) is 6.10 Å². The summed E-state index contributed by atoms with van der Waals surface area (Å²) in [5, 5.41) is 2.57. The summed E-state index contributed by atoms with van der Waals surface area (Å²) in [5.74, 6) is -0.945. The molecule has 7 heteroatoms. The predicted molar refractivity (Wildman–Crippen MR) is 80.8 cm³/mol. The van der Waals surface area contributed by atoms with Gasteiger partial charge in [-0.3, -0.25) is 4.79 Å². The lowest BCUT2D eigenvalue weighted by Crippen LogP contribution is -2.15. The van der Waals surface area contributed by atoms with Gasteiger partial charge in [0.1, 0.15) is 11.0 Å². The Morgan fingerprint density at radius 3 is 3.00 bits per heavy atom. The van der Waals surface area contributed by atoms with Crippen LogP contribution < -0.4 is 5.73 Å². The third-order valence-corrected chi connectivity index (χ3v) is 5.36. The van der Waals surface area contributed by atoms with Gasteiger partial charge in [0.15, 0.2) is 0 Å². The number of thiazole rings is 1. The van der Waals surface area contributed by atoms with Gasteiger partial charge in [0.05, 0.1) is 21.1 Å². The molecule has 1 aliphatic carbocycles. The van der Waals surface area contributed by atoms with Crippen molar-refractivity contribution >= 4 is 34.6 Å². The standard InChI is InChI=1S/C14H14N2O3S2/c1-7-16-9-3-2-4-10(12(9)21-7)19-14(18)11-5-8(6-20-11)13(15)17/h5-6,10H,2-4H2,1H3,(H2,15,17)/t10-/m1/s1. The fourth-order valence-electron chi connectivity index (χ4n) is 2.37. The average Bonchev–Trinajstić information content (AvgIpc) is 3.04. The van der Waals surface area contributed by atoms with Crippen LogP contribution in [-0.2, 0) is 11.2 Å². The van der Waals surface area contributed by atoms with Crippen LogP contribution >= 0.6 is 22.7 Å². The molecule has 1 atom stereocenters. The quantitative estimate of drug-likeness (QED) is 0.881. The molecule has 1 amide bonds. The number of thiophene rings is 1. The van der Waals surface area contributed by atoms with Gasteiger partial charge in [0.2, 0.25) is 5.91 Å². The molecular weight excluding hydrogens is 308 g/mol. The first-order valence-corrected chi connectivity index (χ1v) is 8.29. The van der Waals surface area contributed by atoms with Crippen molar-refractivity contribution in [2.75, 3.05) is 0 Å². The summed E-state index contributed by atoms with van der Waals surface area (Å²) in [5.41, 5.74) is 6.57. The average molecular weight is 322 g/mol. The Hall–Kier alpha value is -1.73. The smallest absolute Gasteiger partial charge is 0.348 e. The second-order valence-electron chi connectivity index (χ2n) is 4.89. The van der Waals surface area contributed by atoms with Crippen LogP contribution in [0.15, 0.2) is 11.4 Å². The molecule has 2 N–H and O–H groups in total. The van der Waals surface area contributed by atoms with Crippen molar-refractivity contribution in [3.05, 3.63) is 37.5 Å². The lowest BCUT2D eigenvalue weighted by molar-refractivity contribution is 0.0271. The number of aromatic nitrogens is 1. The molecule has 0 fully saturated rings. The summed E-state index contributed by atoms with van der Waals surface area (Å²) < 4.78 is 5.60. The maximum Gasteiger partial charge on any atom is 0.348 e. The van der Waals surface area contributed by atoms with Crippen LogP contribution in [0.3, 0.4) is 0 Å². The van der Waals surface area contributed by atoms with Gasteiger partial charge in [-0.05, 0) is 32.3 Å². The molecule has 0 unspecified atom stereocenters. The van der Waals surface area contributed by atoms with E-state index < -0.39 is 11.9 Å². The lowest BCUT2D eigenvalue weighted by atomic mass is 10.0. The molecule has 0 aromatic carbocycles.